The second-order valence-corrected chi connectivity index (χ2v) is 7.68. The molecule has 0 aliphatic rings. The highest BCUT2D eigenvalue weighted by atomic mass is 35.5. The van der Waals surface area contributed by atoms with Gasteiger partial charge in [0.05, 0.1) is 0 Å². The molecule has 2 aromatic carbocycles. The first-order valence-electron chi connectivity index (χ1n) is 9.84. The molecule has 1 N–H and O–H groups in total. The molecule has 2 atom stereocenters. The molecule has 2 rings (SSSR count). The molecule has 0 radical (unpaired) electrons. The molecule has 0 saturated carbocycles. The summed E-state index contributed by atoms with van der Waals surface area (Å²) < 4.78 is 5.67. The quantitative estimate of drug-likeness (QED) is 0.660. The average molecular weight is 417 g/mol. The van der Waals surface area contributed by atoms with Crippen molar-refractivity contribution in [2.75, 3.05) is 6.61 Å². The molecule has 5 nitrogen and oxygen atoms in total. The summed E-state index contributed by atoms with van der Waals surface area (Å²) in [6, 6.07) is 14.2. The minimum atomic E-state index is -0.631. The van der Waals surface area contributed by atoms with E-state index >= 15 is 0 Å². The number of benzene rings is 2. The Morgan fingerprint density at radius 3 is 2.45 bits per heavy atom. The SMILES string of the molecule is CC[C@H](C)NC(=O)[C@H](C)N(Cc1ccc(Cl)cc1)C(=O)COc1cccc(C)c1. The molecule has 0 unspecified atom stereocenters. The summed E-state index contributed by atoms with van der Waals surface area (Å²) in [6.07, 6.45) is 0.820. The third kappa shape index (κ3) is 7.09. The molecule has 2 aromatic rings. The van der Waals surface area contributed by atoms with Crippen LogP contribution in [0, 0.1) is 6.92 Å². The second-order valence-electron chi connectivity index (χ2n) is 7.25. The Morgan fingerprint density at radius 1 is 1.14 bits per heavy atom. The summed E-state index contributed by atoms with van der Waals surface area (Å²) in [5.41, 5.74) is 1.94. The molecule has 0 spiro atoms. The standard InChI is InChI=1S/C23H29ClN2O3/c1-5-17(3)25-23(28)18(4)26(14-19-9-11-20(24)12-10-19)22(27)15-29-21-8-6-7-16(2)13-21/h6-13,17-18H,5,14-15H2,1-4H3,(H,25,28)/t17-,18-/m0/s1. The zero-order valence-electron chi connectivity index (χ0n) is 17.4. The van der Waals surface area contributed by atoms with Crippen molar-refractivity contribution in [2.24, 2.45) is 0 Å². The van der Waals surface area contributed by atoms with E-state index in [4.69, 9.17) is 16.3 Å². The summed E-state index contributed by atoms with van der Waals surface area (Å²) >= 11 is 5.96. The summed E-state index contributed by atoms with van der Waals surface area (Å²) in [4.78, 5) is 27.2. The Morgan fingerprint density at radius 2 is 1.83 bits per heavy atom. The Labute approximate surface area is 178 Å². The maximum atomic E-state index is 13.0. The molecule has 0 aliphatic carbocycles. The van der Waals surface area contributed by atoms with E-state index in [-0.39, 0.29) is 24.5 Å². The molecule has 2 amide bonds. The fraction of sp³-hybridized carbons (Fsp3) is 0.391. The van der Waals surface area contributed by atoms with Gasteiger partial charge in [-0.2, -0.15) is 0 Å². The van der Waals surface area contributed by atoms with Crippen molar-refractivity contribution in [1.29, 1.82) is 0 Å². The number of hydrogen-bond acceptors (Lipinski definition) is 3. The largest absolute Gasteiger partial charge is 0.484 e. The highest BCUT2D eigenvalue weighted by Gasteiger charge is 2.27. The van der Waals surface area contributed by atoms with Crippen LogP contribution < -0.4 is 10.1 Å². The Bertz CT molecular complexity index is 823. The molecule has 0 aliphatic heterocycles. The van der Waals surface area contributed by atoms with Crippen molar-refractivity contribution < 1.29 is 14.3 Å². The van der Waals surface area contributed by atoms with Crippen molar-refractivity contribution in [2.45, 2.75) is 52.7 Å². The third-order valence-corrected chi connectivity index (χ3v) is 5.04. The normalized spacial score (nSPS) is 12.7. The van der Waals surface area contributed by atoms with Crippen molar-refractivity contribution in [3.63, 3.8) is 0 Å². The predicted molar refractivity (Wildman–Crippen MR) is 116 cm³/mol. The van der Waals surface area contributed by atoms with E-state index in [0.29, 0.717) is 17.3 Å². The predicted octanol–water partition coefficient (Wildman–Crippen LogP) is 4.36. The first-order valence-corrected chi connectivity index (χ1v) is 10.2. The molecule has 29 heavy (non-hydrogen) atoms. The first-order chi connectivity index (χ1) is 13.8. The Kier molecular flexibility index (Phi) is 8.52. The van der Waals surface area contributed by atoms with Crippen LogP contribution in [0.25, 0.3) is 0 Å². The van der Waals surface area contributed by atoms with Gasteiger partial charge in [0.25, 0.3) is 5.91 Å². The maximum absolute atomic E-state index is 13.0. The van der Waals surface area contributed by atoms with E-state index in [2.05, 4.69) is 5.32 Å². The fourth-order valence-electron chi connectivity index (χ4n) is 2.77. The summed E-state index contributed by atoms with van der Waals surface area (Å²) in [5.74, 6) is 0.187. The van der Waals surface area contributed by atoms with Gasteiger partial charge < -0.3 is 15.0 Å². The van der Waals surface area contributed by atoms with Gasteiger partial charge in [-0.25, -0.2) is 0 Å². The monoisotopic (exact) mass is 416 g/mol. The summed E-state index contributed by atoms with van der Waals surface area (Å²) in [5, 5.41) is 3.57. The van der Waals surface area contributed by atoms with E-state index in [1.54, 1.807) is 19.1 Å². The van der Waals surface area contributed by atoms with Crippen LogP contribution in [0.2, 0.25) is 5.02 Å². The van der Waals surface area contributed by atoms with Crippen LogP contribution in [0.1, 0.15) is 38.3 Å². The first kappa shape index (κ1) is 22.8. The Balaban J connectivity index is 2.14. The van der Waals surface area contributed by atoms with Gasteiger partial charge in [-0.05, 0) is 62.6 Å². The molecule has 0 heterocycles. The zero-order valence-corrected chi connectivity index (χ0v) is 18.2. The van der Waals surface area contributed by atoms with Crippen molar-refractivity contribution in [1.82, 2.24) is 10.2 Å². The lowest BCUT2D eigenvalue weighted by Crippen LogP contribution is -2.50. The third-order valence-electron chi connectivity index (χ3n) is 4.79. The minimum Gasteiger partial charge on any atom is -0.484 e. The van der Waals surface area contributed by atoms with E-state index in [1.165, 1.54) is 4.90 Å². The van der Waals surface area contributed by atoms with Crippen LogP contribution in [0.15, 0.2) is 48.5 Å². The number of amides is 2. The molecule has 0 fully saturated rings. The van der Waals surface area contributed by atoms with Gasteiger partial charge in [-0.3, -0.25) is 9.59 Å². The van der Waals surface area contributed by atoms with Gasteiger partial charge in [0.1, 0.15) is 11.8 Å². The molecule has 6 heteroatoms. The van der Waals surface area contributed by atoms with Gasteiger partial charge in [-0.1, -0.05) is 42.8 Å². The lowest BCUT2D eigenvalue weighted by Gasteiger charge is -2.29. The molecular formula is C23H29ClN2O3. The zero-order chi connectivity index (χ0) is 21.4. The highest BCUT2D eigenvalue weighted by molar-refractivity contribution is 6.30. The summed E-state index contributed by atoms with van der Waals surface area (Å²) in [6.45, 7) is 7.79. The van der Waals surface area contributed by atoms with Gasteiger partial charge in [0.15, 0.2) is 6.61 Å². The van der Waals surface area contributed by atoms with Crippen LogP contribution in [0.5, 0.6) is 5.75 Å². The minimum absolute atomic E-state index is 0.0426. The van der Waals surface area contributed by atoms with E-state index in [9.17, 15) is 9.59 Å². The van der Waals surface area contributed by atoms with Crippen LogP contribution >= 0.6 is 11.6 Å². The van der Waals surface area contributed by atoms with Crippen molar-refractivity contribution in [3.05, 3.63) is 64.7 Å². The Hall–Kier alpha value is -2.53. The van der Waals surface area contributed by atoms with Crippen LogP contribution in [0.3, 0.4) is 0 Å². The van der Waals surface area contributed by atoms with Crippen LogP contribution in [0.4, 0.5) is 0 Å². The molecule has 0 aromatic heterocycles. The number of nitrogens with zero attached hydrogens (tertiary/aromatic N) is 1. The maximum Gasteiger partial charge on any atom is 0.261 e. The number of carbonyl (C=O) groups is 2. The van der Waals surface area contributed by atoms with Gasteiger partial charge in [0.2, 0.25) is 5.91 Å². The van der Waals surface area contributed by atoms with Gasteiger partial charge in [0, 0.05) is 17.6 Å². The van der Waals surface area contributed by atoms with Gasteiger partial charge >= 0.3 is 0 Å². The molecular weight excluding hydrogens is 388 g/mol. The highest BCUT2D eigenvalue weighted by Crippen LogP contribution is 2.16. The van der Waals surface area contributed by atoms with Gasteiger partial charge in [-0.15, -0.1) is 0 Å². The van der Waals surface area contributed by atoms with E-state index < -0.39 is 6.04 Å². The van der Waals surface area contributed by atoms with Crippen molar-refractivity contribution >= 4 is 23.4 Å². The lowest BCUT2D eigenvalue weighted by molar-refractivity contribution is -0.142. The molecule has 0 saturated heterocycles. The number of aryl methyl sites for hydroxylation is 1. The van der Waals surface area contributed by atoms with Crippen LogP contribution in [-0.2, 0) is 16.1 Å². The summed E-state index contributed by atoms with van der Waals surface area (Å²) in [7, 11) is 0. The topological polar surface area (TPSA) is 58.6 Å². The number of ether oxygens (including phenoxy) is 1. The lowest BCUT2D eigenvalue weighted by atomic mass is 10.1. The molecule has 156 valence electrons. The second kappa shape index (κ2) is 10.9. The fourth-order valence-corrected chi connectivity index (χ4v) is 2.89. The van der Waals surface area contributed by atoms with E-state index in [0.717, 1.165) is 17.5 Å². The number of hydrogen-bond donors (Lipinski definition) is 1. The van der Waals surface area contributed by atoms with Crippen LogP contribution in [-0.4, -0.2) is 35.4 Å². The number of nitrogens with one attached hydrogen (secondary N) is 1. The molecule has 0 bridgehead atoms. The van der Waals surface area contributed by atoms with E-state index in [1.807, 2.05) is 57.2 Å². The van der Waals surface area contributed by atoms with Crippen molar-refractivity contribution in [3.8, 4) is 5.75 Å². The number of halogens is 1. The smallest absolute Gasteiger partial charge is 0.261 e. The number of rotatable bonds is 9. The number of carbonyl (C=O) groups excluding carboxylic acids is 2. The average Bonchev–Trinajstić information content (AvgIpc) is 2.71.